The highest BCUT2D eigenvalue weighted by molar-refractivity contribution is 5.91. The average molecular weight is 298 g/mol. The Morgan fingerprint density at radius 1 is 1.27 bits per heavy atom. The van der Waals surface area contributed by atoms with Crippen molar-refractivity contribution in [1.29, 1.82) is 5.26 Å². The number of aromatic nitrogens is 1. The third-order valence-electron chi connectivity index (χ3n) is 4.16. The Balaban J connectivity index is 2.14. The first kappa shape index (κ1) is 14.4. The van der Waals surface area contributed by atoms with Crippen LogP contribution in [0.2, 0.25) is 0 Å². The van der Waals surface area contributed by atoms with Crippen LogP contribution in [0.5, 0.6) is 5.75 Å². The van der Waals surface area contributed by atoms with E-state index >= 15 is 0 Å². The van der Waals surface area contributed by atoms with Gasteiger partial charge in [-0.1, -0.05) is 0 Å². The fourth-order valence-electron chi connectivity index (χ4n) is 2.85. The van der Waals surface area contributed by atoms with Crippen molar-refractivity contribution in [2.45, 2.75) is 0 Å². The van der Waals surface area contributed by atoms with E-state index in [4.69, 9.17) is 10.00 Å². The summed E-state index contributed by atoms with van der Waals surface area (Å²) in [6.07, 6.45) is 1.45. The van der Waals surface area contributed by atoms with E-state index in [1.54, 1.807) is 13.2 Å². The van der Waals surface area contributed by atoms with Gasteiger partial charge in [-0.25, -0.2) is 0 Å². The van der Waals surface area contributed by atoms with Crippen molar-refractivity contribution in [2.75, 3.05) is 45.2 Å². The van der Waals surface area contributed by atoms with E-state index < -0.39 is 0 Å². The molecule has 0 unspecified atom stereocenters. The molecule has 1 aromatic heterocycles. The third-order valence-corrected chi connectivity index (χ3v) is 4.16. The number of fused-ring (bicyclic) bond motifs is 1. The Morgan fingerprint density at radius 2 is 2.00 bits per heavy atom. The third kappa shape index (κ3) is 2.30. The molecule has 0 saturated carbocycles. The standard InChI is InChI=1S/C16H18N4O2/c1-19-5-7-20(8-6-19)13-4-3-12-14(16(13)22-2)18-10-11(9-17)15(12)21/h3-4,10H,5-8H2,1-2H3,(H,18,21). The molecule has 0 amide bonds. The number of likely N-dealkylation sites (N-methyl/N-ethyl adjacent to an activating group) is 1. The Bertz CT molecular complexity index is 798. The van der Waals surface area contributed by atoms with Crippen LogP contribution in [0.25, 0.3) is 10.9 Å². The van der Waals surface area contributed by atoms with Gasteiger partial charge in [0.25, 0.3) is 0 Å². The molecule has 6 nitrogen and oxygen atoms in total. The summed E-state index contributed by atoms with van der Waals surface area (Å²) < 4.78 is 5.56. The number of pyridine rings is 1. The first-order chi connectivity index (χ1) is 10.7. The monoisotopic (exact) mass is 298 g/mol. The van der Waals surface area contributed by atoms with E-state index in [1.165, 1.54) is 6.20 Å². The Kier molecular flexibility index (Phi) is 3.73. The van der Waals surface area contributed by atoms with Crippen molar-refractivity contribution < 1.29 is 4.74 Å². The number of aromatic amines is 1. The lowest BCUT2D eigenvalue weighted by molar-refractivity contribution is 0.311. The van der Waals surface area contributed by atoms with Crippen LogP contribution in [0.15, 0.2) is 23.1 Å². The molecule has 1 saturated heterocycles. The molecule has 1 aliphatic heterocycles. The molecular weight excluding hydrogens is 280 g/mol. The van der Waals surface area contributed by atoms with Gasteiger partial charge in [0.05, 0.1) is 23.7 Å². The lowest BCUT2D eigenvalue weighted by Crippen LogP contribution is -2.44. The smallest absolute Gasteiger partial charge is 0.207 e. The largest absolute Gasteiger partial charge is 0.492 e. The van der Waals surface area contributed by atoms with E-state index in [-0.39, 0.29) is 11.0 Å². The number of benzene rings is 1. The number of nitrogens with one attached hydrogen (secondary N) is 1. The highest BCUT2D eigenvalue weighted by Crippen LogP contribution is 2.34. The van der Waals surface area contributed by atoms with Crippen molar-refractivity contribution in [2.24, 2.45) is 0 Å². The molecule has 1 aromatic carbocycles. The zero-order chi connectivity index (χ0) is 15.7. The maximum atomic E-state index is 12.2. The van der Waals surface area contributed by atoms with Crippen molar-refractivity contribution in [3.05, 3.63) is 34.1 Å². The van der Waals surface area contributed by atoms with Crippen LogP contribution in [0.1, 0.15) is 5.56 Å². The molecule has 0 atom stereocenters. The summed E-state index contributed by atoms with van der Waals surface area (Å²) in [6, 6.07) is 5.58. The van der Waals surface area contributed by atoms with Crippen LogP contribution in [-0.2, 0) is 0 Å². The van der Waals surface area contributed by atoms with Crippen molar-refractivity contribution in [1.82, 2.24) is 9.88 Å². The van der Waals surface area contributed by atoms with Crippen LogP contribution in [0.4, 0.5) is 5.69 Å². The van der Waals surface area contributed by atoms with E-state index in [2.05, 4.69) is 21.8 Å². The molecule has 3 rings (SSSR count). The zero-order valence-corrected chi connectivity index (χ0v) is 12.7. The van der Waals surface area contributed by atoms with E-state index in [9.17, 15) is 4.79 Å². The van der Waals surface area contributed by atoms with Crippen molar-refractivity contribution in [3.63, 3.8) is 0 Å². The number of hydrogen-bond acceptors (Lipinski definition) is 5. The predicted molar refractivity (Wildman–Crippen MR) is 85.5 cm³/mol. The van der Waals surface area contributed by atoms with Gasteiger partial charge in [-0.2, -0.15) is 5.26 Å². The summed E-state index contributed by atoms with van der Waals surface area (Å²) in [4.78, 5) is 19.8. The zero-order valence-electron chi connectivity index (χ0n) is 12.7. The highest BCUT2D eigenvalue weighted by atomic mass is 16.5. The van der Waals surface area contributed by atoms with Crippen LogP contribution in [0.3, 0.4) is 0 Å². The molecule has 2 aromatic rings. The first-order valence-corrected chi connectivity index (χ1v) is 7.21. The number of nitriles is 1. The van der Waals surface area contributed by atoms with Gasteiger partial charge < -0.3 is 19.5 Å². The lowest BCUT2D eigenvalue weighted by atomic mass is 10.1. The molecule has 0 spiro atoms. The lowest BCUT2D eigenvalue weighted by Gasteiger charge is -2.34. The minimum atomic E-state index is -0.264. The number of ether oxygens (including phenoxy) is 1. The van der Waals surface area contributed by atoms with Gasteiger partial charge in [0, 0.05) is 32.4 Å². The van der Waals surface area contributed by atoms with Crippen molar-refractivity contribution in [3.8, 4) is 11.8 Å². The van der Waals surface area contributed by atoms with Crippen LogP contribution in [0, 0.1) is 11.3 Å². The molecule has 22 heavy (non-hydrogen) atoms. The number of rotatable bonds is 2. The van der Waals surface area contributed by atoms with Gasteiger partial charge in [0.1, 0.15) is 11.6 Å². The van der Waals surface area contributed by atoms with Gasteiger partial charge in [-0.05, 0) is 19.2 Å². The number of anilines is 1. The molecule has 0 aliphatic carbocycles. The fourth-order valence-corrected chi connectivity index (χ4v) is 2.85. The van der Waals surface area contributed by atoms with Crippen LogP contribution < -0.4 is 15.1 Å². The quantitative estimate of drug-likeness (QED) is 0.901. The van der Waals surface area contributed by atoms with E-state index in [1.807, 2.05) is 12.1 Å². The van der Waals surface area contributed by atoms with Crippen molar-refractivity contribution >= 4 is 16.6 Å². The summed E-state index contributed by atoms with van der Waals surface area (Å²) in [7, 11) is 3.71. The molecule has 114 valence electrons. The second kappa shape index (κ2) is 5.70. The number of piperazine rings is 1. The Labute approximate surface area is 128 Å². The normalized spacial score (nSPS) is 15.8. The maximum Gasteiger partial charge on any atom is 0.207 e. The Hall–Kier alpha value is -2.52. The van der Waals surface area contributed by atoms with Gasteiger partial charge in [0.15, 0.2) is 5.75 Å². The molecule has 1 N–H and O–H groups in total. The first-order valence-electron chi connectivity index (χ1n) is 7.21. The van der Waals surface area contributed by atoms with E-state index in [0.717, 1.165) is 31.9 Å². The SMILES string of the molecule is COc1c(N2CCN(C)CC2)ccc2c(=O)c(C#N)c[nH]c12. The molecular formula is C16H18N4O2. The summed E-state index contributed by atoms with van der Waals surface area (Å²) in [5.74, 6) is 0.656. The van der Waals surface area contributed by atoms with Gasteiger partial charge in [-0.15, -0.1) is 0 Å². The molecule has 1 aliphatic rings. The fraction of sp³-hybridized carbons (Fsp3) is 0.375. The van der Waals surface area contributed by atoms with Crippen LogP contribution >= 0.6 is 0 Å². The predicted octanol–water partition coefficient (Wildman–Crippen LogP) is 1.16. The Morgan fingerprint density at radius 3 is 2.64 bits per heavy atom. The average Bonchev–Trinajstić information content (AvgIpc) is 2.55. The molecule has 0 radical (unpaired) electrons. The second-order valence-corrected chi connectivity index (χ2v) is 5.47. The van der Waals surface area contributed by atoms with Crippen LogP contribution in [-0.4, -0.2) is 50.2 Å². The van der Waals surface area contributed by atoms with Gasteiger partial charge in [-0.3, -0.25) is 4.79 Å². The maximum absolute atomic E-state index is 12.2. The second-order valence-electron chi connectivity index (χ2n) is 5.47. The minimum absolute atomic E-state index is 0.113. The number of nitrogens with zero attached hydrogens (tertiary/aromatic N) is 3. The highest BCUT2D eigenvalue weighted by Gasteiger charge is 2.20. The minimum Gasteiger partial charge on any atom is -0.492 e. The molecule has 6 heteroatoms. The summed E-state index contributed by atoms with van der Waals surface area (Å²) in [6.45, 7) is 3.81. The van der Waals surface area contributed by atoms with Gasteiger partial charge in [0.2, 0.25) is 5.43 Å². The molecule has 0 bridgehead atoms. The molecule has 2 heterocycles. The van der Waals surface area contributed by atoms with E-state index in [0.29, 0.717) is 16.7 Å². The summed E-state index contributed by atoms with van der Waals surface area (Å²) >= 11 is 0. The topological polar surface area (TPSA) is 72.4 Å². The number of hydrogen-bond donors (Lipinski definition) is 1. The van der Waals surface area contributed by atoms with Gasteiger partial charge >= 0.3 is 0 Å². The summed E-state index contributed by atoms with van der Waals surface area (Å²) in [5.41, 5.74) is 1.47. The number of H-pyrrole nitrogens is 1. The number of methoxy groups -OCH3 is 1. The molecule has 1 fully saturated rings. The summed E-state index contributed by atoms with van der Waals surface area (Å²) in [5, 5.41) is 9.45.